The largest absolute Gasteiger partial charge is 0.416 e. The molecule has 1 N–H and O–H groups in total. The molecule has 4 rings (SSSR count). The van der Waals surface area contributed by atoms with Crippen molar-refractivity contribution >= 4 is 34.4 Å². The first-order valence-corrected chi connectivity index (χ1v) is 9.70. The Kier molecular flexibility index (Phi) is 5.13. The summed E-state index contributed by atoms with van der Waals surface area (Å²) >= 11 is 1.27. The standard InChI is InChI=1S/C21H14F3N3O2S/c22-21(23,24)14-5-1-6-15(10-14)26-18-17(16-7-3-9-30-16)19(28)27(20(18)29)12-13-4-2-8-25-11-13/h1-11,26H,12H2. The van der Waals surface area contributed by atoms with Crippen LogP contribution in [0, 0.1) is 0 Å². The Labute approximate surface area is 173 Å². The molecule has 0 aliphatic carbocycles. The van der Waals surface area contributed by atoms with Crippen molar-refractivity contribution < 1.29 is 22.8 Å². The molecule has 1 aliphatic heterocycles. The van der Waals surface area contributed by atoms with Gasteiger partial charge in [-0.1, -0.05) is 18.2 Å². The van der Waals surface area contributed by atoms with Crippen LogP contribution in [-0.4, -0.2) is 21.7 Å². The maximum Gasteiger partial charge on any atom is 0.416 e. The molecule has 2 aromatic heterocycles. The Bertz CT molecular complexity index is 1130. The lowest BCUT2D eigenvalue weighted by Crippen LogP contribution is -2.32. The van der Waals surface area contributed by atoms with Crippen molar-refractivity contribution in [2.24, 2.45) is 0 Å². The molecule has 9 heteroatoms. The predicted octanol–water partition coefficient (Wildman–Crippen LogP) is 4.55. The number of imide groups is 1. The van der Waals surface area contributed by atoms with Crippen LogP contribution < -0.4 is 5.32 Å². The average Bonchev–Trinajstić information content (AvgIpc) is 3.32. The highest BCUT2D eigenvalue weighted by atomic mass is 32.1. The minimum Gasteiger partial charge on any atom is -0.350 e. The molecule has 0 saturated heterocycles. The fourth-order valence-corrected chi connectivity index (χ4v) is 3.84. The van der Waals surface area contributed by atoms with Gasteiger partial charge in [0.25, 0.3) is 11.8 Å². The number of anilines is 1. The molecule has 0 saturated carbocycles. The number of pyridine rings is 1. The van der Waals surface area contributed by atoms with Gasteiger partial charge in [-0.3, -0.25) is 19.5 Å². The van der Waals surface area contributed by atoms with E-state index in [-0.39, 0.29) is 23.5 Å². The van der Waals surface area contributed by atoms with Crippen molar-refractivity contribution in [2.45, 2.75) is 12.7 Å². The van der Waals surface area contributed by atoms with E-state index in [1.54, 1.807) is 42.0 Å². The minimum absolute atomic E-state index is 0.00809. The molecule has 0 fully saturated rings. The number of hydrogen-bond acceptors (Lipinski definition) is 5. The second-order valence-corrected chi connectivity index (χ2v) is 7.44. The van der Waals surface area contributed by atoms with Gasteiger partial charge in [-0.2, -0.15) is 13.2 Å². The Morgan fingerprint density at radius 2 is 1.87 bits per heavy atom. The van der Waals surface area contributed by atoms with E-state index in [0.717, 1.165) is 17.0 Å². The molecule has 3 heterocycles. The highest BCUT2D eigenvalue weighted by Crippen LogP contribution is 2.35. The molecular weight excluding hydrogens is 415 g/mol. The zero-order valence-corrected chi connectivity index (χ0v) is 16.1. The van der Waals surface area contributed by atoms with E-state index in [9.17, 15) is 22.8 Å². The molecule has 0 atom stereocenters. The predicted molar refractivity (Wildman–Crippen MR) is 106 cm³/mol. The first-order chi connectivity index (χ1) is 14.3. The number of benzene rings is 1. The van der Waals surface area contributed by atoms with Crippen molar-refractivity contribution in [2.75, 3.05) is 5.32 Å². The number of halogens is 3. The van der Waals surface area contributed by atoms with Crippen molar-refractivity contribution in [1.82, 2.24) is 9.88 Å². The highest BCUT2D eigenvalue weighted by Gasteiger charge is 2.40. The molecule has 30 heavy (non-hydrogen) atoms. The number of aromatic nitrogens is 1. The summed E-state index contributed by atoms with van der Waals surface area (Å²) in [5.74, 6) is -1.12. The second kappa shape index (κ2) is 7.75. The molecule has 0 bridgehead atoms. The molecule has 0 radical (unpaired) electrons. The third-order valence-electron chi connectivity index (χ3n) is 4.46. The van der Waals surface area contributed by atoms with E-state index in [1.807, 2.05) is 0 Å². The van der Waals surface area contributed by atoms with E-state index in [0.29, 0.717) is 10.4 Å². The Balaban J connectivity index is 1.71. The Morgan fingerprint density at radius 1 is 1.03 bits per heavy atom. The van der Waals surface area contributed by atoms with Crippen LogP contribution in [0.1, 0.15) is 16.0 Å². The molecule has 1 aliphatic rings. The van der Waals surface area contributed by atoms with E-state index < -0.39 is 23.6 Å². The van der Waals surface area contributed by atoms with E-state index in [2.05, 4.69) is 10.3 Å². The van der Waals surface area contributed by atoms with Gasteiger partial charge in [-0.15, -0.1) is 11.3 Å². The summed E-state index contributed by atoms with van der Waals surface area (Å²) in [4.78, 5) is 31.7. The quantitative estimate of drug-likeness (QED) is 0.605. The van der Waals surface area contributed by atoms with Gasteiger partial charge in [0.05, 0.1) is 17.7 Å². The summed E-state index contributed by atoms with van der Waals surface area (Å²) in [5.41, 5.74) is -0.0416. The van der Waals surface area contributed by atoms with Gasteiger partial charge >= 0.3 is 6.18 Å². The van der Waals surface area contributed by atoms with Gasteiger partial charge in [0.1, 0.15) is 5.70 Å². The maximum absolute atomic E-state index is 13.1. The zero-order chi connectivity index (χ0) is 21.3. The normalized spacial score (nSPS) is 14.6. The summed E-state index contributed by atoms with van der Waals surface area (Å²) < 4.78 is 39.2. The van der Waals surface area contributed by atoms with Crippen LogP contribution in [0.4, 0.5) is 18.9 Å². The smallest absolute Gasteiger partial charge is 0.350 e. The van der Waals surface area contributed by atoms with Crippen LogP contribution >= 0.6 is 11.3 Å². The average molecular weight is 429 g/mol. The lowest BCUT2D eigenvalue weighted by molar-refractivity contribution is -0.138. The van der Waals surface area contributed by atoms with E-state index in [4.69, 9.17) is 0 Å². The molecule has 5 nitrogen and oxygen atoms in total. The first-order valence-electron chi connectivity index (χ1n) is 8.82. The minimum atomic E-state index is -4.52. The van der Waals surface area contributed by atoms with Crippen LogP contribution in [-0.2, 0) is 22.3 Å². The molecule has 0 unspecified atom stereocenters. The summed E-state index contributed by atoms with van der Waals surface area (Å²) in [6.45, 7) is 0.00809. The molecule has 3 aromatic rings. The third-order valence-corrected chi connectivity index (χ3v) is 5.35. The maximum atomic E-state index is 13.1. The van der Waals surface area contributed by atoms with Gasteiger partial charge in [0.2, 0.25) is 0 Å². The van der Waals surface area contributed by atoms with Gasteiger partial charge < -0.3 is 5.32 Å². The molecule has 1 aromatic carbocycles. The summed E-state index contributed by atoms with van der Waals surface area (Å²) in [5, 5.41) is 4.50. The van der Waals surface area contributed by atoms with Crippen LogP contribution in [0.15, 0.2) is 72.0 Å². The van der Waals surface area contributed by atoms with Gasteiger partial charge in [0.15, 0.2) is 0 Å². The van der Waals surface area contributed by atoms with Crippen molar-refractivity contribution in [3.63, 3.8) is 0 Å². The fraction of sp³-hybridized carbons (Fsp3) is 0.0952. The second-order valence-electron chi connectivity index (χ2n) is 6.49. The van der Waals surface area contributed by atoms with Gasteiger partial charge in [-0.05, 0) is 41.3 Å². The third kappa shape index (κ3) is 3.84. The Hall–Kier alpha value is -3.46. The van der Waals surface area contributed by atoms with Crippen LogP contribution in [0.3, 0.4) is 0 Å². The fourth-order valence-electron chi connectivity index (χ4n) is 3.08. The number of rotatable bonds is 5. The van der Waals surface area contributed by atoms with Gasteiger partial charge in [-0.25, -0.2) is 0 Å². The number of alkyl halides is 3. The van der Waals surface area contributed by atoms with E-state index >= 15 is 0 Å². The molecule has 152 valence electrons. The number of amides is 2. The highest BCUT2D eigenvalue weighted by molar-refractivity contribution is 7.11. The first kappa shape index (κ1) is 19.8. The number of thiophene rings is 1. The summed E-state index contributed by atoms with van der Waals surface area (Å²) in [6, 6.07) is 11.3. The van der Waals surface area contributed by atoms with Crippen molar-refractivity contribution in [3.05, 3.63) is 88.0 Å². The number of carbonyl (C=O) groups excluding carboxylic acids is 2. The number of nitrogens with one attached hydrogen (secondary N) is 1. The Morgan fingerprint density at radius 3 is 2.53 bits per heavy atom. The number of nitrogens with zero attached hydrogens (tertiary/aromatic N) is 2. The van der Waals surface area contributed by atoms with Crippen LogP contribution in [0.5, 0.6) is 0 Å². The molecular formula is C21H14F3N3O2S. The monoisotopic (exact) mass is 429 g/mol. The van der Waals surface area contributed by atoms with Gasteiger partial charge in [0, 0.05) is 23.0 Å². The lowest BCUT2D eigenvalue weighted by atomic mass is 10.1. The molecule has 0 spiro atoms. The summed E-state index contributed by atoms with van der Waals surface area (Å²) in [6.07, 6.45) is -1.40. The van der Waals surface area contributed by atoms with Crippen LogP contribution in [0.2, 0.25) is 0 Å². The van der Waals surface area contributed by atoms with E-state index in [1.165, 1.54) is 23.5 Å². The SMILES string of the molecule is O=C1C(Nc2cccc(C(F)(F)F)c2)=C(c2cccs2)C(=O)N1Cc1cccnc1. The van der Waals surface area contributed by atoms with Crippen LogP contribution in [0.25, 0.3) is 5.57 Å². The van der Waals surface area contributed by atoms with Crippen molar-refractivity contribution in [1.29, 1.82) is 0 Å². The zero-order valence-electron chi connectivity index (χ0n) is 15.3. The lowest BCUT2D eigenvalue weighted by Gasteiger charge is -2.15. The number of carbonyl (C=O) groups is 2. The van der Waals surface area contributed by atoms with Crippen molar-refractivity contribution in [3.8, 4) is 0 Å². The summed E-state index contributed by atoms with van der Waals surface area (Å²) in [7, 11) is 0. The number of hydrogen-bond donors (Lipinski definition) is 1. The topological polar surface area (TPSA) is 62.3 Å². The molecule has 2 amide bonds.